The van der Waals surface area contributed by atoms with Gasteiger partial charge in [0.2, 0.25) is 0 Å². The highest BCUT2D eigenvalue weighted by molar-refractivity contribution is 7.87. The Morgan fingerprint density at radius 2 is 1.18 bits per heavy atom. The van der Waals surface area contributed by atoms with E-state index >= 15 is 0 Å². The van der Waals surface area contributed by atoms with Crippen molar-refractivity contribution >= 4 is 58.2 Å². The second-order valence-corrected chi connectivity index (χ2v) is 10.7. The van der Waals surface area contributed by atoms with E-state index in [1.54, 1.807) is 0 Å². The highest BCUT2D eigenvalue weighted by Gasteiger charge is 2.23. The van der Waals surface area contributed by atoms with Crippen LogP contribution in [0.2, 0.25) is 0 Å². The van der Waals surface area contributed by atoms with Gasteiger partial charge >= 0.3 is 0 Å². The molecule has 176 valence electrons. The fraction of sp³-hybridized carbons (Fsp3) is 0. The van der Waals surface area contributed by atoms with Crippen LogP contribution in [-0.2, 0) is 30.4 Å². The molecule has 0 spiro atoms. The minimum Gasteiger partial charge on any atom is -0.505 e. The minimum absolute atomic E-state index is 0.332. The van der Waals surface area contributed by atoms with Gasteiger partial charge in [-0.05, 0) is 30.3 Å². The fourth-order valence-electron chi connectivity index (χ4n) is 2.74. The van der Waals surface area contributed by atoms with E-state index in [1.165, 1.54) is 0 Å². The number of azo groups is 1. The number of rotatable bonds is 5. The first-order valence-electron chi connectivity index (χ1n) is 8.26. The quantitative estimate of drug-likeness (QED) is 0.122. The summed E-state index contributed by atoms with van der Waals surface area (Å²) in [5.41, 5.74) is 4.03. The SMILES string of the molecule is Nc1cc(S(=O)(=O)O)cc(N=Nc2ccc3c(S(=O)(=O)O)cc(S(=O)(=O)O)cc3c2O)c1O. The number of phenolic OH excluding ortho intramolecular Hbond substituents is 2. The second-order valence-electron chi connectivity index (χ2n) is 6.46. The molecule has 17 heteroatoms. The lowest BCUT2D eigenvalue weighted by Gasteiger charge is -2.10. The monoisotopic (exact) mass is 519 g/mol. The summed E-state index contributed by atoms with van der Waals surface area (Å²) in [6, 6.07) is 4.71. The van der Waals surface area contributed by atoms with Crippen LogP contribution >= 0.6 is 0 Å². The van der Waals surface area contributed by atoms with Crippen LogP contribution in [0.5, 0.6) is 11.5 Å². The van der Waals surface area contributed by atoms with Crippen molar-refractivity contribution in [2.45, 2.75) is 14.7 Å². The molecule has 0 radical (unpaired) electrons. The predicted octanol–water partition coefficient (Wildman–Crippen LogP) is 1.99. The van der Waals surface area contributed by atoms with Crippen molar-refractivity contribution in [1.29, 1.82) is 0 Å². The molecule has 0 aliphatic rings. The minimum atomic E-state index is -4.99. The molecule has 0 saturated carbocycles. The Labute approximate surface area is 185 Å². The summed E-state index contributed by atoms with van der Waals surface area (Å²) in [7, 11) is -14.7. The van der Waals surface area contributed by atoms with E-state index in [-0.39, 0.29) is 5.39 Å². The van der Waals surface area contributed by atoms with Gasteiger partial charge in [0, 0.05) is 10.8 Å². The average molecular weight is 519 g/mol. The first-order chi connectivity index (χ1) is 15.0. The standard InChI is InChI=1S/C16H13N3O11S3/c17-11-4-8(32(25,26)27)5-13(16(11)21)19-18-12-2-1-9-10(15(12)20)3-7(31(22,23)24)6-14(9)33(28,29)30/h1-6,20-21H,17H2,(H,22,23,24)(H,25,26,27)(H,28,29,30). The normalized spacial score (nSPS) is 13.1. The van der Waals surface area contributed by atoms with E-state index in [1.807, 2.05) is 0 Å². The molecule has 0 unspecified atom stereocenters. The lowest BCUT2D eigenvalue weighted by atomic mass is 10.1. The van der Waals surface area contributed by atoms with Gasteiger partial charge in [0.25, 0.3) is 30.4 Å². The summed E-state index contributed by atoms with van der Waals surface area (Å²) in [5.74, 6) is -1.56. The number of fused-ring (bicyclic) bond motifs is 1. The molecule has 14 nitrogen and oxygen atoms in total. The van der Waals surface area contributed by atoms with Crippen LogP contribution in [0, 0.1) is 0 Å². The number of nitrogens with two attached hydrogens (primary N) is 1. The number of hydrogen-bond donors (Lipinski definition) is 6. The van der Waals surface area contributed by atoms with E-state index < -0.39 is 79.0 Å². The third-order valence-electron chi connectivity index (χ3n) is 4.25. The van der Waals surface area contributed by atoms with E-state index in [4.69, 9.17) is 10.3 Å². The largest absolute Gasteiger partial charge is 0.505 e. The molecule has 0 fully saturated rings. The van der Waals surface area contributed by atoms with Gasteiger partial charge in [-0.25, -0.2) is 0 Å². The highest BCUT2D eigenvalue weighted by Crippen LogP contribution is 2.41. The van der Waals surface area contributed by atoms with Gasteiger partial charge in [0.15, 0.2) is 11.5 Å². The average Bonchev–Trinajstić information content (AvgIpc) is 2.67. The van der Waals surface area contributed by atoms with E-state index in [0.717, 1.165) is 24.3 Å². The summed E-state index contributed by atoms with van der Waals surface area (Å²) in [6.45, 7) is 0. The smallest absolute Gasteiger partial charge is 0.295 e. The number of phenols is 2. The van der Waals surface area contributed by atoms with Gasteiger partial charge in [-0.3, -0.25) is 13.7 Å². The molecule has 3 aromatic carbocycles. The molecular weight excluding hydrogens is 506 g/mol. The van der Waals surface area contributed by atoms with Crippen LogP contribution in [0.1, 0.15) is 0 Å². The number of anilines is 1. The van der Waals surface area contributed by atoms with Crippen molar-refractivity contribution in [1.82, 2.24) is 0 Å². The molecule has 0 amide bonds. The molecule has 0 atom stereocenters. The summed E-state index contributed by atoms with van der Waals surface area (Å²) < 4.78 is 96.7. The maximum atomic E-state index is 11.7. The summed E-state index contributed by atoms with van der Waals surface area (Å²) in [6.07, 6.45) is 0. The highest BCUT2D eigenvalue weighted by atomic mass is 32.2. The Bertz CT molecular complexity index is 1660. The fourth-order valence-corrected chi connectivity index (χ4v) is 4.62. The van der Waals surface area contributed by atoms with Crippen LogP contribution in [0.3, 0.4) is 0 Å². The van der Waals surface area contributed by atoms with Crippen LogP contribution in [0.15, 0.2) is 61.3 Å². The number of benzene rings is 3. The Kier molecular flexibility index (Phi) is 5.82. The van der Waals surface area contributed by atoms with Gasteiger partial charge in [0.05, 0.1) is 15.5 Å². The van der Waals surface area contributed by atoms with Crippen molar-refractivity contribution in [3.05, 3.63) is 36.4 Å². The van der Waals surface area contributed by atoms with Crippen molar-refractivity contribution in [2.24, 2.45) is 10.2 Å². The third-order valence-corrected chi connectivity index (χ3v) is 6.81. The van der Waals surface area contributed by atoms with E-state index in [9.17, 15) is 44.6 Å². The first-order valence-corrected chi connectivity index (χ1v) is 12.6. The van der Waals surface area contributed by atoms with Crippen LogP contribution in [0.25, 0.3) is 10.8 Å². The zero-order chi connectivity index (χ0) is 24.9. The van der Waals surface area contributed by atoms with Crippen LogP contribution in [0.4, 0.5) is 17.1 Å². The van der Waals surface area contributed by atoms with E-state index in [0.29, 0.717) is 12.1 Å². The number of hydrogen-bond acceptors (Lipinski definition) is 11. The number of nitrogens with zero attached hydrogens (tertiary/aromatic N) is 2. The topological polar surface area (TPSA) is 254 Å². The van der Waals surface area contributed by atoms with Gasteiger partial charge < -0.3 is 15.9 Å². The zero-order valence-corrected chi connectivity index (χ0v) is 18.3. The van der Waals surface area contributed by atoms with Gasteiger partial charge in [-0.1, -0.05) is 6.07 Å². The Balaban J connectivity index is 2.26. The van der Waals surface area contributed by atoms with Crippen molar-refractivity contribution in [2.75, 3.05) is 5.73 Å². The second kappa shape index (κ2) is 7.90. The zero-order valence-electron chi connectivity index (χ0n) is 15.8. The molecule has 3 aromatic rings. The molecule has 33 heavy (non-hydrogen) atoms. The molecule has 7 N–H and O–H groups in total. The predicted molar refractivity (Wildman–Crippen MR) is 112 cm³/mol. The van der Waals surface area contributed by atoms with Crippen molar-refractivity contribution in [3.8, 4) is 11.5 Å². The molecule has 3 rings (SSSR count). The lowest BCUT2D eigenvalue weighted by Crippen LogP contribution is -2.04. The van der Waals surface area contributed by atoms with Gasteiger partial charge in [-0.2, -0.15) is 25.3 Å². The summed E-state index contributed by atoms with van der Waals surface area (Å²) in [4.78, 5) is -2.61. The molecule has 0 aliphatic carbocycles. The number of nitrogen functional groups attached to an aromatic ring is 1. The van der Waals surface area contributed by atoms with Crippen LogP contribution < -0.4 is 5.73 Å². The third kappa shape index (κ3) is 4.87. The van der Waals surface area contributed by atoms with Crippen molar-refractivity contribution in [3.63, 3.8) is 0 Å². The maximum absolute atomic E-state index is 11.7. The molecule has 0 heterocycles. The van der Waals surface area contributed by atoms with E-state index in [2.05, 4.69) is 10.2 Å². The Hall–Kier alpha value is -3.35. The molecule has 0 aromatic heterocycles. The lowest BCUT2D eigenvalue weighted by molar-refractivity contribution is 0.473. The summed E-state index contributed by atoms with van der Waals surface area (Å²) in [5, 5.41) is 26.8. The first kappa shape index (κ1) is 24.3. The van der Waals surface area contributed by atoms with Gasteiger partial charge in [-0.15, -0.1) is 10.2 Å². The molecule has 0 aliphatic heterocycles. The maximum Gasteiger partial charge on any atom is 0.295 e. The number of aromatic hydroxyl groups is 2. The summed E-state index contributed by atoms with van der Waals surface area (Å²) >= 11 is 0. The Morgan fingerprint density at radius 3 is 1.73 bits per heavy atom. The molecule has 0 saturated heterocycles. The van der Waals surface area contributed by atoms with Gasteiger partial charge in [0.1, 0.15) is 16.3 Å². The molecular formula is C16H13N3O11S3. The van der Waals surface area contributed by atoms with Crippen LogP contribution in [-0.4, -0.2) is 49.1 Å². The van der Waals surface area contributed by atoms with Crippen molar-refractivity contribution < 1.29 is 49.1 Å². The molecule has 0 bridgehead atoms. The Morgan fingerprint density at radius 1 is 0.636 bits per heavy atom.